The highest BCUT2D eigenvalue weighted by Crippen LogP contribution is 2.29. The molecule has 3 aromatic rings. The summed E-state index contributed by atoms with van der Waals surface area (Å²) in [5, 5.41) is 4.84. The molecule has 1 aromatic heterocycles. The number of hydrazone groups is 1. The van der Waals surface area contributed by atoms with Crippen LogP contribution in [0.25, 0.3) is 11.0 Å². The highest BCUT2D eigenvalue weighted by Gasteiger charge is 2.14. The fourth-order valence-electron chi connectivity index (χ4n) is 2.45. The summed E-state index contributed by atoms with van der Waals surface area (Å²) in [5.74, 6) is 1.03. The smallest absolute Gasteiger partial charge is 0.307 e. The van der Waals surface area contributed by atoms with Crippen molar-refractivity contribution < 1.29 is 18.7 Å². The number of hydrogen-bond donors (Lipinski definition) is 1. The maximum atomic E-state index is 12.3. The van der Waals surface area contributed by atoms with Crippen molar-refractivity contribution in [2.45, 2.75) is 6.92 Å². The molecule has 0 saturated carbocycles. The summed E-state index contributed by atoms with van der Waals surface area (Å²) in [7, 11) is 1.58. The van der Waals surface area contributed by atoms with E-state index in [1.54, 1.807) is 25.3 Å². The summed E-state index contributed by atoms with van der Waals surface area (Å²) < 4.78 is 18.3. The van der Waals surface area contributed by atoms with Gasteiger partial charge in [-0.3, -0.25) is 4.79 Å². The largest absolute Gasteiger partial charge is 0.493 e. The van der Waals surface area contributed by atoms with Crippen LogP contribution in [0.4, 0.5) is 0 Å². The first kappa shape index (κ1) is 19.7. The normalized spacial score (nSPS) is 11.1. The third kappa shape index (κ3) is 4.62. The van der Waals surface area contributed by atoms with Crippen LogP contribution in [0.3, 0.4) is 0 Å². The van der Waals surface area contributed by atoms with Crippen LogP contribution in [0.5, 0.6) is 11.5 Å². The number of methoxy groups -OCH3 is 1. The molecule has 27 heavy (non-hydrogen) atoms. The summed E-state index contributed by atoms with van der Waals surface area (Å²) >= 11 is 5.60. The minimum atomic E-state index is -0.423. The maximum absolute atomic E-state index is 12.3. The number of amides is 1. The van der Waals surface area contributed by atoms with Gasteiger partial charge in [0.15, 0.2) is 17.3 Å². The number of carbonyl (C=O) groups excluding carboxylic acids is 1. The molecule has 0 spiro atoms. The number of furan rings is 1. The third-order valence-electron chi connectivity index (χ3n) is 3.63. The SMILES string of the molecule is CCOc1cc(/C=N\NC(=O)c2cc3cc(Br)cc(I)c3o2)ccc1OC. The monoisotopic (exact) mass is 542 g/mol. The number of nitrogens with one attached hydrogen (secondary N) is 1. The Kier molecular flexibility index (Phi) is 6.38. The van der Waals surface area contributed by atoms with Gasteiger partial charge in [0.1, 0.15) is 5.58 Å². The van der Waals surface area contributed by atoms with E-state index >= 15 is 0 Å². The minimum absolute atomic E-state index is 0.197. The van der Waals surface area contributed by atoms with E-state index in [1.807, 2.05) is 25.1 Å². The maximum Gasteiger partial charge on any atom is 0.307 e. The second-order valence-electron chi connectivity index (χ2n) is 5.46. The molecule has 3 rings (SSSR count). The number of benzene rings is 2. The van der Waals surface area contributed by atoms with Gasteiger partial charge in [0.2, 0.25) is 0 Å². The molecule has 8 heteroatoms. The Labute approximate surface area is 178 Å². The zero-order chi connectivity index (χ0) is 19.4. The molecule has 2 aromatic carbocycles. The van der Waals surface area contributed by atoms with Crippen LogP contribution in [0.15, 0.2) is 50.4 Å². The summed E-state index contributed by atoms with van der Waals surface area (Å²) in [6, 6.07) is 10.9. The molecule has 0 atom stereocenters. The van der Waals surface area contributed by atoms with Crippen LogP contribution in [-0.4, -0.2) is 25.8 Å². The Hall–Kier alpha value is -2.07. The van der Waals surface area contributed by atoms with Crippen molar-refractivity contribution in [1.29, 1.82) is 0 Å². The van der Waals surface area contributed by atoms with Crippen LogP contribution in [0, 0.1) is 3.57 Å². The van der Waals surface area contributed by atoms with Crippen LogP contribution in [-0.2, 0) is 0 Å². The van der Waals surface area contributed by atoms with Gasteiger partial charge >= 0.3 is 5.91 Å². The van der Waals surface area contributed by atoms with Gasteiger partial charge in [-0.15, -0.1) is 0 Å². The van der Waals surface area contributed by atoms with E-state index in [0.29, 0.717) is 23.7 Å². The third-order valence-corrected chi connectivity index (χ3v) is 4.89. The second-order valence-corrected chi connectivity index (χ2v) is 7.54. The molecule has 1 N–H and O–H groups in total. The quantitative estimate of drug-likeness (QED) is 0.271. The zero-order valence-electron chi connectivity index (χ0n) is 14.6. The Balaban J connectivity index is 1.73. The molecule has 0 fully saturated rings. The van der Waals surface area contributed by atoms with Crippen molar-refractivity contribution in [3.63, 3.8) is 0 Å². The van der Waals surface area contributed by atoms with Gasteiger partial charge in [0.05, 0.1) is 23.5 Å². The van der Waals surface area contributed by atoms with E-state index < -0.39 is 5.91 Å². The number of nitrogens with zero attached hydrogens (tertiary/aromatic N) is 1. The highest BCUT2D eigenvalue weighted by molar-refractivity contribution is 14.1. The van der Waals surface area contributed by atoms with E-state index in [2.05, 4.69) is 49.0 Å². The summed E-state index contributed by atoms with van der Waals surface area (Å²) in [6.07, 6.45) is 1.53. The van der Waals surface area contributed by atoms with E-state index in [1.165, 1.54) is 6.21 Å². The fraction of sp³-hybridized carbons (Fsp3) is 0.158. The Morgan fingerprint density at radius 2 is 2.11 bits per heavy atom. The van der Waals surface area contributed by atoms with E-state index in [9.17, 15) is 4.79 Å². The molecule has 0 aliphatic heterocycles. The predicted molar refractivity (Wildman–Crippen MR) is 116 cm³/mol. The van der Waals surface area contributed by atoms with E-state index in [-0.39, 0.29) is 5.76 Å². The number of carbonyl (C=O) groups is 1. The van der Waals surface area contributed by atoms with E-state index in [4.69, 9.17) is 13.9 Å². The topological polar surface area (TPSA) is 73.1 Å². The van der Waals surface area contributed by atoms with Crippen molar-refractivity contribution in [3.05, 3.63) is 55.8 Å². The van der Waals surface area contributed by atoms with Crippen LogP contribution in [0.1, 0.15) is 23.0 Å². The average molecular weight is 543 g/mol. The molecular formula is C19H16BrIN2O4. The van der Waals surface area contributed by atoms with Crippen molar-refractivity contribution in [1.82, 2.24) is 5.43 Å². The lowest BCUT2D eigenvalue weighted by atomic mass is 10.2. The fourth-order valence-corrected chi connectivity index (χ4v) is 4.11. The van der Waals surface area contributed by atoms with Crippen LogP contribution >= 0.6 is 38.5 Å². The minimum Gasteiger partial charge on any atom is -0.493 e. The molecule has 1 heterocycles. The van der Waals surface area contributed by atoms with Crippen molar-refractivity contribution >= 4 is 61.6 Å². The van der Waals surface area contributed by atoms with Gasteiger partial charge in [-0.25, -0.2) is 5.43 Å². The molecule has 6 nitrogen and oxygen atoms in total. The number of rotatable bonds is 6. The molecule has 0 saturated heterocycles. The first-order valence-electron chi connectivity index (χ1n) is 8.04. The van der Waals surface area contributed by atoms with Crippen LogP contribution in [0.2, 0.25) is 0 Å². The molecule has 1 amide bonds. The van der Waals surface area contributed by atoms with Gasteiger partial charge in [0, 0.05) is 9.86 Å². The standard InChI is InChI=1S/C19H16BrIN2O4/c1-3-26-16-6-11(4-5-15(16)25-2)10-22-23-19(24)17-8-12-7-13(20)9-14(21)18(12)27-17/h4-10H,3H2,1-2H3,(H,23,24)/b22-10-. The lowest BCUT2D eigenvalue weighted by Gasteiger charge is -2.09. The lowest BCUT2D eigenvalue weighted by Crippen LogP contribution is -2.16. The summed E-state index contributed by atoms with van der Waals surface area (Å²) in [5.41, 5.74) is 3.91. The molecule has 0 bridgehead atoms. The lowest BCUT2D eigenvalue weighted by molar-refractivity contribution is 0.0929. The first-order chi connectivity index (χ1) is 13.0. The number of halogens is 2. The van der Waals surface area contributed by atoms with Gasteiger partial charge < -0.3 is 13.9 Å². The Morgan fingerprint density at radius 3 is 2.85 bits per heavy atom. The van der Waals surface area contributed by atoms with Gasteiger partial charge in [-0.1, -0.05) is 15.9 Å². The van der Waals surface area contributed by atoms with Crippen molar-refractivity contribution in [2.75, 3.05) is 13.7 Å². The molecule has 140 valence electrons. The van der Waals surface area contributed by atoms with E-state index in [0.717, 1.165) is 19.0 Å². The van der Waals surface area contributed by atoms with Gasteiger partial charge in [-0.2, -0.15) is 5.10 Å². The first-order valence-corrected chi connectivity index (χ1v) is 9.91. The highest BCUT2D eigenvalue weighted by atomic mass is 127. The summed E-state index contributed by atoms with van der Waals surface area (Å²) in [4.78, 5) is 12.3. The van der Waals surface area contributed by atoms with Gasteiger partial charge in [-0.05, 0) is 71.5 Å². The summed E-state index contributed by atoms with van der Waals surface area (Å²) in [6.45, 7) is 2.42. The van der Waals surface area contributed by atoms with Crippen LogP contribution < -0.4 is 14.9 Å². The Bertz CT molecular complexity index is 1020. The number of fused-ring (bicyclic) bond motifs is 1. The average Bonchev–Trinajstić information content (AvgIpc) is 3.07. The molecule has 0 aliphatic carbocycles. The Morgan fingerprint density at radius 1 is 1.30 bits per heavy atom. The number of hydrogen-bond acceptors (Lipinski definition) is 5. The molecular weight excluding hydrogens is 527 g/mol. The number of ether oxygens (including phenoxy) is 2. The van der Waals surface area contributed by atoms with Crippen molar-refractivity contribution in [3.8, 4) is 11.5 Å². The predicted octanol–water partition coefficient (Wildman–Crippen LogP) is 4.97. The molecule has 0 unspecified atom stereocenters. The van der Waals surface area contributed by atoms with Gasteiger partial charge in [0.25, 0.3) is 0 Å². The molecule has 0 radical (unpaired) electrons. The van der Waals surface area contributed by atoms with Crippen molar-refractivity contribution in [2.24, 2.45) is 5.10 Å². The zero-order valence-corrected chi connectivity index (χ0v) is 18.3. The molecule has 0 aliphatic rings. The second kappa shape index (κ2) is 8.75.